The average Bonchev–Trinajstić information content (AvgIpc) is 2.36. The van der Waals surface area contributed by atoms with E-state index in [-0.39, 0.29) is 18.4 Å². The van der Waals surface area contributed by atoms with Crippen LogP contribution in [0.2, 0.25) is 0 Å². The predicted molar refractivity (Wildman–Crippen MR) is 68.3 cm³/mol. The van der Waals surface area contributed by atoms with E-state index in [1.54, 1.807) is 0 Å². The van der Waals surface area contributed by atoms with Gasteiger partial charge < -0.3 is 14.2 Å². The van der Waals surface area contributed by atoms with Crippen molar-refractivity contribution in [1.82, 2.24) is 0 Å². The summed E-state index contributed by atoms with van der Waals surface area (Å²) in [6.45, 7) is 6.41. The first-order chi connectivity index (χ1) is 9.36. The molecule has 0 aromatic rings. The molecule has 1 fully saturated rings. The maximum Gasteiger partial charge on any atom is 0.304 e. The Hall–Kier alpha value is -1.79. The molecule has 20 heavy (non-hydrogen) atoms. The van der Waals surface area contributed by atoms with Crippen LogP contribution in [0, 0.1) is 11.8 Å². The summed E-state index contributed by atoms with van der Waals surface area (Å²) in [5, 5.41) is 3.65. The Balaban J connectivity index is 2.85. The Morgan fingerprint density at radius 3 is 2.40 bits per heavy atom. The van der Waals surface area contributed by atoms with Crippen molar-refractivity contribution >= 4 is 11.9 Å². The van der Waals surface area contributed by atoms with Crippen LogP contribution >= 0.6 is 0 Å². The van der Waals surface area contributed by atoms with Crippen molar-refractivity contribution in [2.75, 3.05) is 6.61 Å². The zero-order chi connectivity index (χ0) is 15.3. The molecule has 0 bridgehead atoms. The highest BCUT2D eigenvalue weighted by Gasteiger charge is 2.43. The van der Waals surface area contributed by atoms with Crippen molar-refractivity contribution in [2.24, 2.45) is 17.0 Å². The molecule has 8 nitrogen and oxygen atoms in total. The van der Waals surface area contributed by atoms with E-state index in [1.165, 1.54) is 13.8 Å². The molecule has 112 valence electrons. The van der Waals surface area contributed by atoms with E-state index in [9.17, 15) is 9.59 Å². The van der Waals surface area contributed by atoms with Gasteiger partial charge in [0.15, 0.2) is 0 Å². The van der Waals surface area contributed by atoms with Crippen LogP contribution in [-0.2, 0) is 23.8 Å². The quantitative estimate of drug-likeness (QED) is 0.338. The maximum absolute atomic E-state index is 11.1. The summed E-state index contributed by atoms with van der Waals surface area (Å²) in [6.07, 6.45) is -1.38. The van der Waals surface area contributed by atoms with Gasteiger partial charge in [0.1, 0.15) is 12.6 Å². The minimum absolute atomic E-state index is 0.0170. The van der Waals surface area contributed by atoms with E-state index in [4.69, 9.17) is 19.7 Å². The molecule has 0 aromatic heterocycles. The number of azide groups is 1. The fraction of sp³-hybridized carbons (Fsp3) is 0.833. The molecule has 1 saturated heterocycles. The molecule has 5 atom stereocenters. The third-order valence-electron chi connectivity index (χ3n) is 3.46. The van der Waals surface area contributed by atoms with Gasteiger partial charge in [-0.1, -0.05) is 19.0 Å². The number of nitrogens with zero attached hydrogens (tertiary/aromatic N) is 3. The molecule has 0 aliphatic carbocycles. The van der Waals surface area contributed by atoms with Crippen molar-refractivity contribution in [2.45, 2.75) is 46.1 Å². The highest BCUT2D eigenvalue weighted by molar-refractivity contribution is 5.66. The van der Waals surface area contributed by atoms with Crippen LogP contribution < -0.4 is 0 Å². The number of rotatable bonds is 4. The van der Waals surface area contributed by atoms with Gasteiger partial charge in [-0.2, -0.15) is 0 Å². The lowest BCUT2D eigenvalue weighted by Gasteiger charge is -2.41. The molecule has 0 spiro atoms. The zero-order valence-electron chi connectivity index (χ0n) is 12.0. The molecular weight excluding hydrogens is 266 g/mol. The molecule has 0 N–H and O–H groups in total. The SMILES string of the molecule is CC(=O)OCC1OC(OC(C)=O)C(N=[N+]=[N-])[C@@H](C)[C@H]1C. The number of hydrogen-bond donors (Lipinski definition) is 0. The molecular formula is C12H19N3O5. The zero-order valence-corrected chi connectivity index (χ0v) is 12.0. The van der Waals surface area contributed by atoms with Crippen LogP contribution in [0.15, 0.2) is 5.11 Å². The number of hydrogen-bond acceptors (Lipinski definition) is 6. The second-order valence-corrected chi connectivity index (χ2v) is 4.87. The van der Waals surface area contributed by atoms with Gasteiger partial charge in [-0.15, -0.1) is 0 Å². The van der Waals surface area contributed by atoms with Gasteiger partial charge in [0.25, 0.3) is 0 Å². The molecule has 1 heterocycles. The number of carbonyl (C=O) groups is 2. The monoisotopic (exact) mass is 285 g/mol. The molecule has 1 aliphatic rings. The normalized spacial score (nSPS) is 32.9. The number of esters is 2. The van der Waals surface area contributed by atoms with E-state index in [1.807, 2.05) is 13.8 Å². The first-order valence-electron chi connectivity index (χ1n) is 6.37. The average molecular weight is 285 g/mol. The van der Waals surface area contributed by atoms with Crippen molar-refractivity contribution in [3.05, 3.63) is 10.4 Å². The Labute approximate surface area is 117 Å². The summed E-state index contributed by atoms with van der Waals surface area (Å²) < 4.78 is 15.6. The highest BCUT2D eigenvalue weighted by Crippen LogP contribution is 2.33. The minimum Gasteiger partial charge on any atom is -0.463 e. The molecule has 1 rings (SSSR count). The van der Waals surface area contributed by atoms with Crippen molar-refractivity contribution < 1.29 is 23.8 Å². The van der Waals surface area contributed by atoms with Gasteiger partial charge in [-0.3, -0.25) is 9.59 Å². The van der Waals surface area contributed by atoms with Crippen LogP contribution in [0.5, 0.6) is 0 Å². The van der Waals surface area contributed by atoms with Gasteiger partial charge in [-0.25, -0.2) is 0 Å². The lowest BCUT2D eigenvalue weighted by Crippen LogP contribution is -2.51. The van der Waals surface area contributed by atoms with Gasteiger partial charge in [0.05, 0.1) is 6.10 Å². The summed E-state index contributed by atoms with van der Waals surface area (Å²) in [4.78, 5) is 24.7. The minimum atomic E-state index is -0.963. The first kappa shape index (κ1) is 16.3. The number of ether oxygens (including phenoxy) is 3. The molecule has 0 amide bonds. The van der Waals surface area contributed by atoms with Crippen molar-refractivity contribution in [3.8, 4) is 0 Å². The van der Waals surface area contributed by atoms with Gasteiger partial charge in [-0.05, 0) is 17.4 Å². The van der Waals surface area contributed by atoms with E-state index < -0.39 is 30.4 Å². The van der Waals surface area contributed by atoms with Crippen LogP contribution in [0.3, 0.4) is 0 Å². The topological polar surface area (TPSA) is 111 Å². The fourth-order valence-corrected chi connectivity index (χ4v) is 2.14. The van der Waals surface area contributed by atoms with Gasteiger partial charge in [0, 0.05) is 18.8 Å². The Morgan fingerprint density at radius 2 is 1.90 bits per heavy atom. The summed E-state index contributed by atoms with van der Waals surface area (Å²) in [5.74, 6) is -1.03. The summed E-state index contributed by atoms with van der Waals surface area (Å²) in [6, 6.07) is -0.604. The van der Waals surface area contributed by atoms with Crippen LogP contribution in [-0.4, -0.2) is 37.0 Å². The Bertz CT molecular complexity index is 421. The lowest BCUT2D eigenvalue weighted by atomic mass is 9.82. The molecule has 0 aromatic carbocycles. The molecule has 0 saturated carbocycles. The van der Waals surface area contributed by atoms with E-state index in [0.29, 0.717) is 0 Å². The van der Waals surface area contributed by atoms with Crippen LogP contribution in [0.1, 0.15) is 27.7 Å². The first-order valence-corrected chi connectivity index (χ1v) is 6.37. The van der Waals surface area contributed by atoms with Crippen molar-refractivity contribution in [3.63, 3.8) is 0 Å². The molecule has 8 heteroatoms. The lowest BCUT2D eigenvalue weighted by molar-refractivity contribution is -0.234. The second kappa shape index (κ2) is 7.12. The van der Waals surface area contributed by atoms with Gasteiger partial charge in [0.2, 0.25) is 6.29 Å². The van der Waals surface area contributed by atoms with E-state index >= 15 is 0 Å². The largest absolute Gasteiger partial charge is 0.463 e. The molecule has 1 aliphatic heterocycles. The highest BCUT2D eigenvalue weighted by atomic mass is 16.7. The van der Waals surface area contributed by atoms with Gasteiger partial charge >= 0.3 is 11.9 Å². The number of carbonyl (C=O) groups excluding carboxylic acids is 2. The second-order valence-electron chi connectivity index (χ2n) is 4.87. The molecule has 3 unspecified atom stereocenters. The van der Waals surface area contributed by atoms with E-state index in [0.717, 1.165) is 0 Å². The smallest absolute Gasteiger partial charge is 0.304 e. The van der Waals surface area contributed by atoms with Crippen molar-refractivity contribution in [1.29, 1.82) is 0 Å². The summed E-state index contributed by atoms with van der Waals surface area (Å²) in [5.41, 5.74) is 8.61. The van der Waals surface area contributed by atoms with E-state index in [2.05, 4.69) is 10.0 Å². The third kappa shape index (κ3) is 4.11. The summed E-state index contributed by atoms with van der Waals surface area (Å²) >= 11 is 0. The maximum atomic E-state index is 11.1. The fourth-order valence-electron chi connectivity index (χ4n) is 2.14. The standard InChI is InChI=1S/C12H19N3O5/c1-6-7(2)11(14-15-13)12(19-9(4)17)20-10(6)5-18-8(3)16/h6-7,10-12H,5H2,1-4H3/t6-,7+,10?,11?,12?/m1/s1. The Kier molecular flexibility index (Phi) is 5.79. The Morgan fingerprint density at radius 1 is 1.25 bits per heavy atom. The van der Waals surface area contributed by atoms with Crippen LogP contribution in [0.25, 0.3) is 10.4 Å². The summed E-state index contributed by atoms with van der Waals surface area (Å²) in [7, 11) is 0. The third-order valence-corrected chi connectivity index (χ3v) is 3.46. The molecule has 0 radical (unpaired) electrons. The van der Waals surface area contributed by atoms with Crippen LogP contribution in [0.4, 0.5) is 0 Å². The predicted octanol–water partition coefficient (Wildman–Crippen LogP) is 1.79.